The summed E-state index contributed by atoms with van der Waals surface area (Å²) in [5.74, 6) is 3.60. The van der Waals surface area contributed by atoms with E-state index in [4.69, 9.17) is 16.3 Å². The van der Waals surface area contributed by atoms with E-state index in [1.165, 1.54) is 0 Å². The van der Waals surface area contributed by atoms with Crippen LogP contribution in [0.3, 0.4) is 0 Å². The molecular formula is C12H13ClO. The van der Waals surface area contributed by atoms with Crippen LogP contribution in [0.15, 0.2) is 24.3 Å². The van der Waals surface area contributed by atoms with Crippen LogP contribution >= 0.6 is 11.6 Å². The van der Waals surface area contributed by atoms with Gasteiger partial charge in [0.05, 0.1) is 0 Å². The van der Waals surface area contributed by atoms with Gasteiger partial charge in [-0.2, -0.15) is 0 Å². The predicted octanol–water partition coefficient (Wildman–Crippen LogP) is 3.41. The highest BCUT2D eigenvalue weighted by molar-refractivity contribution is 6.30. The lowest BCUT2D eigenvalue weighted by molar-refractivity contribution is 0.131. The summed E-state index contributed by atoms with van der Waals surface area (Å²) in [6, 6.07) is 7.55. The molecule has 0 radical (unpaired) electrons. The maximum absolute atomic E-state index is 5.65. The summed E-state index contributed by atoms with van der Waals surface area (Å²) in [5.41, 5.74) is 0.723. The first-order valence-corrected chi connectivity index (χ1v) is 4.80. The number of hydrogen-bond acceptors (Lipinski definition) is 1. The molecule has 0 atom stereocenters. The van der Waals surface area contributed by atoms with Gasteiger partial charge in [0.15, 0.2) is 0 Å². The molecule has 1 nitrogen and oxygen atoms in total. The van der Waals surface area contributed by atoms with E-state index in [0.29, 0.717) is 0 Å². The number of benzene rings is 1. The second-order valence-electron chi connectivity index (χ2n) is 3.96. The Kier molecular flexibility index (Phi) is 3.43. The van der Waals surface area contributed by atoms with Gasteiger partial charge in [0.25, 0.3) is 0 Å². The Morgan fingerprint density at radius 1 is 1.14 bits per heavy atom. The van der Waals surface area contributed by atoms with Gasteiger partial charge in [-0.3, -0.25) is 0 Å². The molecule has 0 N–H and O–H groups in total. The number of ether oxygens (including phenoxy) is 1. The van der Waals surface area contributed by atoms with Crippen LogP contribution < -0.4 is 4.74 Å². The first-order chi connectivity index (χ1) is 6.51. The van der Waals surface area contributed by atoms with Crippen molar-refractivity contribution in [1.82, 2.24) is 0 Å². The third-order valence-corrected chi connectivity index (χ3v) is 1.56. The Morgan fingerprint density at radius 3 is 2.14 bits per heavy atom. The fourth-order valence-corrected chi connectivity index (χ4v) is 1.12. The van der Waals surface area contributed by atoms with Crippen LogP contribution in [0.2, 0.25) is 0 Å². The molecule has 14 heavy (non-hydrogen) atoms. The molecule has 0 saturated carbocycles. The lowest BCUT2D eigenvalue weighted by atomic mass is 10.2. The van der Waals surface area contributed by atoms with E-state index in [-0.39, 0.29) is 5.60 Å². The van der Waals surface area contributed by atoms with E-state index in [9.17, 15) is 0 Å². The molecule has 0 unspecified atom stereocenters. The molecule has 0 aliphatic carbocycles. The summed E-state index contributed by atoms with van der Waals surface area (Å²) in [7, 11) is 0. The van der Waals surface area contributed by atoms with E-state index < -0.39 is 0 Å². The molecule has 0 amide bonds. The standard InChI is InChI=1S/C12H13ClO/c1-12(2,3)14-11-6-4-10(5-7-11)8-9-13/h4-7H,1-3H3. The zero-order valence-corrected chi connectivity index (χ0v) is 9.35. The average molecular weight is 209 g/mol. The minimum atomic E-state index is -0.167. The first kappa shape index (κ1) is 10.9. The summed E-state index contributed by atoms with van der Waals surface area (Å²) >= 11 is 5.29. The van der Waals surface area contributed by atoms with E-state index in [1.54, 1.807) is 0 Å². The Morgan fingerprint density at radius 2 is 1.71 bits per heavy atom. The minimum absolute atomic E-state index is 0.167. The zero-order chi connectivity index (χ0) is 10.6. The lowest BCUT2D eigenvalue weighted by Crippen LogP contribution is -2.22. The van der Waals surface area contributed by atoms with Gasteiger partial charge < -0.3 is 4.74 Å². The highest BCUT2D eigenvalue weighted by Crippen LogP contribution is 2.17. The SMILES string of the molecule is CC(C)(C)Oc1ccc(C#CCl)cc1. The highest BCUT2D eigenvalue weighted by Gasteiger charge is 2.10. The Balaban J connectivity index is 2.77. The molecule has 2 heteroatoms. The molecule has 1 rings (SSSR count). The molecule has 0 fully saturated rings. The molecule has 0 spiro atoms. The van der Waals surface area contributed by atoms with Crippen LogP contribution in [0.1, 0.15) is 26.3 Å². The molecule has 0 bridgehead atoms. The van der Waals surface area contributed by atoms with E-state index in [0.717, 1.165) is 11.3 Å². The van der Waals surface area contributed by atoms with Crippen LogP contribution in [0.4, 0.5) is 0 Å². The third kappa shape index (κ3) is 3.72. The van der Waals surface area contributed by atoms with Crippen molar-refractivity contribution < 1.29 is 4.74 Å². The molecule has 0 aliphatic heterocycles. The van der Waals surface area contributed by atoms with E-state index >= 15 is 0 Å². The van der Waals surface area contributed by atoms with Gasteiger partial charge in [-0.15, -0.1) is 0 Å². The van der Waals surface area contributed by atoms with E-state index in [2.05, 4.69) is 11.3 Å². The molecular weight excluding hydrogens is 196 g/mol. The molecule has 0 heterocycles. The Bertz CT molecular complexity index is 349. The van der Waals surface area contributed by atoms with E-state index in [1.807, 2.05) is 45.0 Å². The van der Waals surface area contributed by atoms with Crippen LogP contribution in [0, 0.1) is 11.3 Å². The van der Waals surface area contributed by atoms with Crippen molar-refractivity contribution in [2.24, 2.45) is 0 Å². The zero-order valence-electron chi connectivity index (χ0n) is 8.60. The fraction of sp³-hybridized carbons (Fsp3) is 0.333. The highest BCUT2D eigenvalue weighted by atomic mass is 35.5. The normalized spacial score (nSPS) is 10.3. The van der Waals surface area contributed by atoms with Crippen molar-refractivity contribution in [3.8, 4) is 17.0 Å². The summed E-state index contributed by atoms with van der Waals surface area (Å²) in [5, 5.41) is 2.33. The lowest BCUT2D eigenvalue weighted by Gasteiger charge is -2.21. The van der Waals surface area contributed by atoms with Gasteiger partial charge in [-0.25, -0.2) is 0 Å². The van der Waals surface area contributed by atoms with Crippen LogP contribution in [0.25, 0.3) is 0 Å². The first-order valence-electron chi connectivity index (χ1n) is 4.42. The van der Waals surface area contributed by atoms with Crippen LogP contribution in [-0.2, 0) is 0 Å². The van der Waals surface area contributed by atoms with Crippen molar-refractivity contribution >= 4 is 11.6 Å². The third-order valence-electron chi connectivity index (χ3n) is 1.47. The summed E-state index contributed by atoms with van der Waals surface area (Å²) in [6.45, 7) is 6.04. The van der Waals surface area contributed by atoms with Crippen molar-refractivity contribution in [3.05, 3.63) is 29.8 Å². The molecule has 0 aliphatic rings. The van der Waals surface area contributed by atoms with Gasteiger partial charge in [0.1, 0.15) is 11.4 Å². The molecule has 0 saturated heterocycles. The van der Waals surface area contributed by atoms with Crippen LogP contribution in [0.5, 0.6) is 5.75 Å². The molecule has 0 aromatic heterocycles. The smallest absolute Gasteiger partial charge is 0.120 e. The number of hydrogen-bond donors (Lipinski definition) is 0. The van der Waals surface area contributed by atoms with Crippen molar-refractivity contribution in [2.75, 3.05) is 0 Å². The predicted molar refractivity (Wildman–Crippen MR) is 59.6 cm³/mol. The quantitative estimate of drug-likeness (QED) is 0.643. The Labute approximate surface area is 90.0 Å². The maximum Gasteiger partial charge on any atom is 0.120 e. The topological polar surface area (TPSA) is 9.23 Å². The number of rotatable bonds is 1. The van der Waals surface area contributed by atoms with Crippen molar-refractivity contribution in [2.45, 2.75) is 26.4 Å². The van der Waals surface area contributed by atoms with Gasteiger partial charge in [0, 0.05) is 10.9 Å². The molecule has 1 aromatic rings. The summed E-state index contributed by atoms with van der Waals surface area (Å²) < 4.78 is 5.65. The van der Waals surface area contributed by atoms with Crippen molar-refractivity contribution in [1.29, 1.82) is 0 Å². The fourth-order valence-electron chi connectivity index (χ4n) is 1.01. The molecule has 74 valence electrons. The minimum Gasteiger partial charge on any atom is -0.488 e. The van der Waals surface area contributed by atoms with Crippen LogP contribution in [-0.4, -0.2) is 5.60 Å². The monoisotopic (exact) mass is 208 g/mol. The van der Waals surface area contributed by atoms with Gasteiger partial charge in [-0.05, 0) is 62.6 Å². The molecule has 1 aromatic carbocycles. The van der Waals surface area contributed by atoms with Crippen molar-refractivity contribution in [3.63, 3.8) is 0 Å². The average Bonchev–Trinajstić information content (AvgIpc) is 2.06. The largest absolute Gasteiger partial charge is 0.488 e. The maximum atomic E-state index is 5.65. The summed E-state index contributed by atoms with van der Waals surface area (Å²) in [4.78, 5) is 0. The second-order valence-corrected chi connectivity index (χ2v) is 4.15. The summed E-state index contributed by atoms with van der Waals surface area (Å²) in [6.07, 6.45) is 0. The Hall–Kier alpha value is -1.13. The van der Waals surface area contributed by atoms with Gasteiger partial charge >= 0.3 is 0 Å². The second kappa shape index (κ2) is 4.39. The van der Waals surface area contributed by atoms with Gasteiger partial charge in [-0.1, -0.05) is 0 Å². The van der Waals surface area contributed by atoms with Gasteiger partial charge in [0.2, 0.25) is 0 Å². The number of halogens is 1.